The van der Waals surface area contributed by atoms with Gasteiger partial charge in [0.1, 0.15) is 12.4 Å². The fraction of sp³-hybridized carbons (Fsp3) is 0.409. The minimum Gasteiger partial charge on any atom is -0.675 e. The number of aliphatic carboxylic acids is 4. The number of carbonyl (C=O) groups excluding carboxylic acids is 4. The number of esters is 4. The summed E-state index contributed by atoms with van der Waals surface area (Å²) in [6.07, 6.45) is 4.44. The van der Waals surface area contributed by atoms with Crippen LogP contribution in [0.15, 0.2) is 53.4 Å². The summed E-state index contributed by atoms with van der Waals surface area (Å²) in [5.41, 5.74) is 16.6. The molecule has 22 nitrogen and oxygen atoms in total. The Kier molecular flexibility index (Phi) is 22.9. The Morgan fingerprint density at radius 3 is 1.79 bits per heavy atom. The van der Waals surface area contributed by atoms with Crippen molar-refractivity contribution in [3.63, 3.8) is 0 Å². The predicted octanol–water partition coefficient (Wildman–Crippen LogP) is 4.85. The molecule has 7 N–H and O–H groups in total. The molecule has 1 aliphatic carbocycles. The van der Waals surface area contributed by atoms with Gasteiger partial charge in [-0.05, 0) is 56.5 Å². The number of rotatable bonds is 9. The van der Waals surface area contributed by atoms with Crippen LogP contribution in [0.4, 0.5) is 0 Å². The molecular formula is C44H52N4O18Pt. The zero-order valence-corrected chi connectivity index (χ0v) is 39.5. The van der Waals surface area contributed by atoms with Crippen molar-refractivity contribution in [2.45, 2.75) is 104 Å². The molecule has 0 unspecified atom stereocenters. The number of nitrogens with zero attached hydrogens (tertiary/aromatic N) is 2. The number of fused-ring (bicyclic) bond motifs is 5. The topological polar surface area (TPSA) is 357 Å². The number of aryl methyl sites for hydroxylation is 1. The van der Waals surface area contributed by atoms with Gasteiger partial charge in [-0.2, -0.15) is 0 Å². The van der Waals surface area contributed by atoms with Crippen molar-refractivity contribution in [3.8, 4) is 17.1 Å². The number of hydrogen-bond acceptors (Lipinski definition) is 15. The quantitative estimate of drug-likeness (QED) is 0.0647. The van der Waals surface area contributed by atoms with Gasteiger partial charge in [0, 0.05) is 34.6 Å². The first-order chi connectivity index (χ1) is 30.8. The first-order valence-electron chi connectivity index (χ1n) is 20.1. The van der Waals surface area contributed by atoms with Crippen molar-refractivity contribution < 1.29 is 104 Å². The van der Waals surface area contributed by atoms with Gasteiger partial charge in [-0.15, -0.1) is 12.1 Å². The summed E-state index contributed by atoms with van der Waals surface area (Å²) in [6, 6.07) is 6.89. The van der Waals surface area contributed by atoms with E-state index in [1.54, 1.807) is 35.8 Å². The average molecular weight is 1120 g/mol. The van der Waals surface area contributed by atoms with Crippen LogP contribution >= 0.6 is 0 Å². The Balaban J connectivity index is 0.000000627. The van der Waals surface area contributed by atoms with Crippen molar-refractivity contribution in [2.24, 2.45) is 0 Å². The molecular weight excluding hydrogens is 1070 g/mol. The van der Waals surface area contributed by atoms with E-state index in [9.17, 15) is 33.9 Å². The minimum atomic E-state index is -1.89. The summed E-state index contributed by atoms with van der Waals surface area (Å²) in [7, 11) is 0. The second-order valence-corrected chi connectivity index (χ2v) is 14.8. The summed E-state index contributed by atoms with van der Waals surface area (Å²) >= 11 is 0. The number of benzene rings is 1. The second kappa shape index (κ2) is 26.4. The monoisotopic (exact) mass is 1120 g/mol. The van der Waals surface area contributed by atoms with E-state index in [2.05, 4.69) is 17.9 Å². The van der Waals surface area contributed by atoms with Gasteiger partial charge in [0.05, 0.1) is 29.0 Å². The van der Waals surface area contributed by atoms with E-state index in [0.717, 1.165) is 49.1 Å². The molecule has 0 radical (unpaired) electrons. The van der Waals surface area contributed by atoms with Crippen molar-refractivity contribution in [2.75, 3.05) is 13.2 Å². The summed E-state index contributed by atoms with van der Waals surface area (Å²) < 4.78 is 21.6. The Morgan fingerprint density at radius 1 is 0.836 bits per heavy atom. The number of carboxylic acid groups (broad SMARTS) is 4. The Bertz CT molecular complexity index is 2430. The van der Waals surface area contributed by atoms with Crippen LogP contribution in [0.2, 0.25) is 0 Å². The predicted molar refractivity (Wildman–Crippen MR) is 232 cm³/mol. The number of hydrogen-bond donors (Lipinski definition) is 5. The van der Waals surface area contributed by atoms with Crippen molar-refractivity contribution in [3.05, 3.63) is 92.6 Å². The van der Waals surface area contributed by atoms with Crippen LogP contribution in [0.1, 0.15) is 89.0 Å². The van der Waals surface area contributed by atoms with Crippen LogP contribution in [0.3, 0.4) is 0 Å². The fourth-order valence-corrected chi connectivity index (χ4v) is 6.53. The van der Waals surface area contributed by atoms with Crippen molar-refractivity contribution >= 4 is 58.7 Å². The molecule has 67 heavy (non-hydrogen) atoms. The number of phenols is 1. The molecule has 1 atom stereocenters. The SMILES string of the molecule is C=C(C)C(=O)OCC(=O)O.C=C(C)C(=O)OCC(=O)O[C@]1(CC)C(=O)OCc2c1cc1n(c2=O)Cc2c-1nc1ccc(O)cc1c2CC.CC(=O)O.O=C(O)C(=O)O.[NH-]C1CCC([NH-])CC1.[Pt+2]. The number of phenolic OH excluding ortho intramolecular Hbond substituents is 1. The second-order valence-electron chi connectivity index (χ2n) is 14.8. The van der Waals surface area contributed by atoms with E-state index in [-0.39, 0.29) is 86.3 Å². The van der Waals surface area contributed by atoms with Gasteiger partial charge in [-0.3, -0.25) is 9.59 Å². The van der Waals surface area contributed by atoms with E-state index in [0.29, 0.717) is 23.3 Å². The molecule has 3 aliphatic rings. The van der Waals surface area contributed by atoms with Crippen LogP contribution in [0, 0.1) is 0 Å². The van der Waals surface area contributed by atoms with E-state index < -0.39 is 66.6 Å². The molecule has 366 valence electrons. The Hall–Kier alpha value is -6.77. The molecule has 6 rings (SSSR count). The molecule has 1 saturated carbocycles. The molecule has 3 aromatic rings. The molecule has 2 aliphatic heterocycles. The zero-order valence-electron chi connectivity index (χ0n) is 37.2. The molecule has 2 aromatic heterocycles. The van der Waals surface area contributed by atoms with Gasteiger partial charge in [-0.1, -0.05) is 52.7 Å². The molecule has 0 saturated heterocycles. The smallest absolute Gasteiger partial charge is 0.675 e. The summed E-state index contributed by atoms with van der Waals surface area (Å²) in [6.45, 7) is 13.0. The summed E-state index contributed by atoms with van der Waals surface area (Å²) in [4.78, 5) is 103. The standard InChI is InChI=1S/C28H26N2O8.C6H12N2.C6H8O4.C2H2O4.C2H4O2.Pt/c1-5-16-17-9-15(31)7-8-21(17)29-24-18(16)11-30-22(24)10-20-19(25(30)33)12-37-27(35)28(20,6-2)38-23(32)13-36-26(34)14(3)4;7-5-1-2-6(8)4-3-5;1-4(2)6(9)10-3-5(7)8;3-1(4)2(5)6;1-2(3)4;/h7-10,31H,3,5-6,11-13H2,1-2,4H3;5-8H,1-4H2;1,3H2,2H3,(H,7,8);(H,3,4)(H,5,6);1H3,(H,3,4);/q;-2;;;;+2/t28-;;;;;/m0...../s1. The fourth-order valence-electron chi connectivity index (χ4n) is 6.53. The van der Waals surface area contributed by atoms with Crippen LogP contribution in [0.5, 0.6) is 5.75 Å². The van der Waals surface area contributed by atoms with Gasteiger partial charge in [0.2, 0.25) is 5.60 Å². The van der Waals surface area contributed by atoms with E-state index in [1.165, 1.54) is 13.8 Å². The number of pyridine rings is 2. The number of nitrogens with one attached hydrogen (secondary N) is 2. The van der Waals surface area contributed by atoms with Crippen LogP contribution < -0.4 is 5.56 Å². The third kappa shape index (κ3) is 16.3. The van der Waals surface area contributed by atoms with Crippen LogP contribution in [-0.4, -0.2) is 108 Å². The molecule has 23 heteroatoms. The van der Waals surface area contributed by atoms with E-state index in [4.69, 9.17) is 65.5 Å². The third-order valence-electron chi connectivity index (χ3n) is 9.65. The maximum atomic E-state index is 13.7. The molecule has 0 spiro atoms. The molecule has 1 fully saturated rings. The minimum absolute atomic E-state index is 0. The number of aromatic nitrogens is 2. The number of ether oxygens (including phenoxy) is 4. The number of cyclic esters (lactones) is 1. The molecule has 4 heterocycles. The first-order valence-corrected chi connectivity index (χ1v) is 20.1. The zero-order chi connectivity index (χ0) is 50.2. The van der Waals surface area contributed by atoms with Crippen molar-refractivity contribution in [1.82, 2.24) is 9.55 Å². The summed E-state index contributed by atoms with van der Waals surface area (Å²) in [5.74, 6) is -8.77. The normalized spacial score (nSPS) is 16.9. The van der Waals surface area contributed by atoms with Gasteiger partial charge in [-0.25, -0.2) is 38.5 Å². The van der Waals surface area contributed by atoms with Gasteiger partial charge < -0.3 is 60.5 Å². The average Bonchev–Trinajstić information content (AvgIpc) is 3.61. The van der Waals surface area contributed by atoms with Gasteiger partial charge in [0.15, 0.2) is 13.2 Å². The van der Waals surface area contributed by atoms with Crippen LogP contribution in [-0.2, 0) is 104 Å². The first kappa shape index (κ1) is 58.2. The molecule has 1 aromatic carbocycles. The number of carbonyl (C=O) groups is 8. The van der Waals surface area contributed by atoms with Gasteiger partial charge in [0.25, 0.3) is 11.5 Å². The Morgan fingerprint density at radius 2 is 1.34 bits per heavy atom. The summed E-state index contributed by atoms with van der Waals surface area (Å²) in [5, 5.41) is 41.1. The Labute approximate surface area is 397 Å². The largest absolute Gasteiger partial charge is 2.00 e. The third-order valence-corrected chi connectivity index (χ3v) is 9.65. The number of carboxylic acids is 4. The number of aromatic hydroxyl groups is 1. The van der Waals surface area contributed by atoms with Crippen LogP contribution in [0.25, 0.3) is 33.8 Å². The van der Waals surface area contributed by atoms with E-state index >= 15 is 0 Å². The molecule has 0 amide bonds. The van der Waals surface area contributed by atoms with E-state index in [1.807, 2.05) is 6.92 Å². The molecule has 0 bridgehead atoms. The van der Waals surface area contributed by atoms with Gasteiger partial charge >= 0.3 is 62.9 Å². The maximum Gasteiger partial charge on any atom is 2.00 e. The van der Waals surface area contributed by atoms with Crippen molar-refractivity contribution in [1.29, 1.82) is 0 Å². The maximum absolute atomic E-state index is 13.7.